The number of hydrogen-bond donors (Lipinski definition) is 2. The van der Waals surface area contributed by atoms with E-state index in [1.54, 1.807) is 0 Å². The SMILES string of the molecule is Cc1[nH]nc2c1C(c1ccc(N(C)C)cc1)C1=C(CCC1=O)N2. The number of aryl methyl sites for hydroxylation is 1. The zero-order valence-corrected chi connectivity index (χ0v) is 13.6. The molecule has 118 valence electrons. The van der Waals surface area contributed by atoms with Gasteiger partial charge in [-0.1, -0.05) is 12.1 Å². The number of nitrogens with one attached hydrogen (secondary N) is 2. The third-order valence-corrected chi connectivity index (χ3v) is 4.81. The van der Waals surface area contributed by atoms with Crippen LogP contribution in [0, 0.1) is 6.92 Å². The number of fused-ring (bicyclic) bond motifs is 1. The van der Waals surface area contributed by atoms with Crippen molar-refractivity contribution in [2.75, 3.05) is 24.3 Å². The lowest BCUT2D eigenvalue weighted by molar-refractivity contribution is -0.115. The molecule has 2 N–H and O–H groups in total. The summed E-state index contributed by atoms with van der Waals surface area (Å²) >= 11 is 0. The molecule has 4 rings (SSSR count). The van der Waals surface area contributed by atoms with E-state index in [1.807, 2.05) is 21.0 Å². The van der Waals surface area contributed by atoms with Crippen LogP contribution >= 0.6 is 0 Å². The molecule has 0 saturated heterocycles. The summed E-state index contributed by atoms with van der Waals surface area (Å²) < 4.78 is 0. The minimum atomic E-state index is -0.0220. The molecule has 0 bridgehead atoms. The first-order valence-corrected chi connectivity index (χ1v) is 7.91. The van der Waals surface area contributed by atoms with Crippen LogP contribution in [0.2, 0.25) is 0 Å². The number of nitrogens with zero attached hydrogens (tertiary/aromatic N) is 2. The maximum absolute atomic E-state index is 12.5. The number of carbonyl (C=O) groups excluding carboxylic acids is 1. The summed E-state index contributed by atoms with van der Waals surface area (Å²) in [5.41, 5.74) is 6.36. The number of carbonyl (C=O) groups is 1. The Hall–Kier alpha value is -2.56. The predicted molar refractivity (Wildman–Crippen MR) is 90.8 cm³/mol. The van der Waals surface area contributed by atoms with E-state index in [9.17, 15) is 4.79 Å². The third kappa shape index (κ3) is 2.07. The van der Waals surface area contributed by atoms with Crippen LogP contribution in [0.3, 0.4) is 0 Å². The van der Waals surface area contributed by atoms with Crippen molar-refractivity contribution in [2.24, 2.45) is 0 Å². The Bertz CT molecular complexity index is 814. The normalized spacial score (nSPS) is 19.4. The molecule has 1 aliphatic carbocycles. The van der Waals surface area contributed by atoms with Gasteiger partial charge in [0.15, 0.2) is 11.6 Å². The molecule has 23 heavy (non-hydrogen) atoms. The Kier molecular flexibility index (Phi) is 3.04. The molecule has 0 radical (unpaired) electrons. The smallest absolute Gasteiger partial charge is 0.161 e. The standard InChI is InChI=1S/C18H20N4O/c1-10-15-16(11-4-6-12(7-5-11)22(2)3)17-13(8-9-14(17)23)19-18(15)21-20-10/h4-7,16H,8-9H2,1-3H3,(H2,19,20,21). The van der Waals surface area contributed by atoms with Crippen LogP contribution in [0.4, 0.5) is 11.5 Å². The molecule has 0 spiro atoms. The van der Waals surface area contributed by atoms with Gasteiger partial charge in [0.25, 0.3) is 0 Å². The summed E-state index contributed by atoms with van der Waals surface area (Å²) in [7, 11) is 4.05. The van der Waals surface area contributed by atoms with Crippen LogP contribution in [0.15, 0.2) is 35.5 Å². The molecule has 1 aliphatic heterocycles. The van der Waals surface area contributed by atoms with E-state index in [2.05, 4.69) is 44.7 Å². The van der Waals surface area contributed by atoms with E-state index < -0.39 is 0 Å². The van der Waals surface area contributed by atoms with Crippen molar-refractivity contribution in [3.8, 4) is 0 Å². The van der Waals surface area contributed by atoms with E-state index in [1.165, 1.54) is 0 Å². The molecule has 2 aliphatic rings. The Labute approximate surface area is 135 Å². The van der Waals surface area contributed by atoms with E-state index >= 15 is 0 Å². The first-order valence-electron chi connectivity index (χ1n) is 7.91. The fourth-order valence-electron chi connectivity index (χ4n) is 3.61. The van der Waals surface area contributed by atoms with Gasteiger partial charge in [-0.25, -0.2) is 0 Å². The Morgan fingerprint density at radius 2 is 1.91 bits per heavy atom. The molecule has 0 amide bonds. The number of benzene rings is 1. The topological polar surface area (TPSA) is 61.0 Å². The van der Waals surface area contributed by atoms with E-state index in [0.29, 0.717) is 6.42 Å². The molecule has 0 saturated carbocycles. The Morgan fingerprint density at radius 3 is 2.61 bits per heavy atom. The molecule has 0 fully saturated rings. The summed E-state index contributed by atoms with van der Waals surface area (Å²) in [6, 6.07) is 8.45. The lowest BCUT2D eigenvalue weighted by atomic mass is 9.81. The van der Waals surface area contributed by atoms with Gasteiger partial charge in [-0.2, -0.15) is 5.10 Å². The van der Waals surface area contributed by atoms with Crippen LogP contribution < -0.4 is 10.2 Å². The maximum Gasteiger partial charge on any atom is 0.161 e. The summed E-state index contributed by atoms with van der Waals surface area (Å²) in [5.74, 6) is 1.09. The summed E-state index contributed by atoms with van der Waals surface area (Å²) in [5, 5.41) is 10.8. The number of H-pyrrole nitrogens is 1. The highest BCUT2D eigenvalue weighted by atomic mass is 16.1. The highest BCUT2D eigenvalue weighted by Gasteiger charge is 2.38. The van der Waals surface area contributed by atoms with Gasteiger partial charge in [-0.05, 0) is 31.0 Å². The molecule has 2 heterocycles. The maximum atomic E-state index is 12.5. The largest absolute Gasteiger partial charge is 0.378 e. The van der Waals surface area contributed by atoms with Crippen molar-refractivity contribution >= 4 is 17.3 Å². The number of hydrogen-bond acceptors (Lipinski definition) is 4. The fraction of sp³-hybridized carbons (Fsp3) is 0.333. The monoisotopic (exact) mass is 308 g/mol. The number of aromatic nitrogens is 2. The van der Waals surface area contributed by atoms with Gasteiger partial charge >= 0.3 is 0 Å². The van der Waals surface area contributed by atoms with Gasteiger partial charge in [0.2, 0.25) is 0 Å². The summed E-state index contributed by atoms with van der Waals surface area (Å²) in [6.07, 6.45) is 1.38. The van der Waals surface area contributed by atoms with Crippen LogP contribution in [-0.4, -0.2) is 30.1 Å². The molecule has 5 heteroatoms. The zero-order chi connectivity index (χ0) is 16.1. The number of ketones is 1. The summed E-state index contributed by atoms with van der Waals surface area (Å²) in [4.78, 5) is 14.5. The van der Waals surface area contributed by atoms with Crippen molar-refractivity contribution in [1.82, 2.24) is 10.2 Å². The van der Waals surface area contributed by atoms with Crippen LogP contribution in [-0.2, 0) is 4.79 Å². The Balaban J connectivity index is 1.86. The molecule has 5 nitrogen and oxygen atoms in total. The second-order valence-electron chi connectivity index (χ2n) is 6.47. The summed E-state index contributed by atoms with van der Waals surface area (Å²) in [6.45, 7) is 2.01. The first-order chi connectivity index (χ1) is 11.1. The number of allylic oxidation sites excluding steroid dienone is 2. The van der Waals surface area contributed by atoms with Gasteiger partial charge in [-0.15, -0.1) is 0 Å². The average Bonchev–Trinajstić information content (AvgIpc) is 3.10. The molecule has 1 aromatic carbocycles. The van der Waals surface area contributed by atoms with Crippen molar-refractivity contribution in [3.05, 3.63) is 52.4 Å². The Morgan fingerprint density at radius 1 is 1.17 bits per heavy atom. The van der Waals surface area contributed by atoms with Crippen LogP contribution in [0.25, 0.3) is 0 Å². The van der Waals surface area contributed by atoms with Crippen molar-refractivity contribution in [3.63, 3.8) is 0 Å². The van der Waals surface area contributed by atoms with E-state index in [4.69, 9.17) is 0 Å². The number of rotatable bonds is 2. The molecular weight excluding hydrogens is 288 g/mol. The second-order valence-corrected chi connectivity index (χ2v) is 6.47. The van der Waals surface area contributed by atoms with Gasteiger partial charge < -0.3 is 10.2 Å². The second kappa shape index (κ2) is 4.98. The highest BCUT2D eigenvalue weighted by molar-refractivity contribution is 6.02. The fourth-order valence-corrected chi connectivity index (χ4v) is 3.61. The van der Waals surface area contributed by atoms with Crippen molar-refractivity contribution in [2.45, 2.75) is 25.7 Å². The minimum absolute atomic E-state index is 0.0220. The highest BCUT2D eigenvalue weighted by Crippen LogP contribution is 2.46. The van der Waals surface area contributed by atoms with Gasteiger partial charge in [0.05, 0.1) is 0 Å². The number of anilines is 2. The van der Waals surface area contributed by atoms with Gasteiger partial charge in [-0.3, -0.25) is 9.89 Å². The van der Waals surface area contributed by atoms with Crippen LogP contribution in [0.5, 0.6) is 0 Å². The van der Waals surface area contributed by atoms with Gasteiger partial charge in [0.1, 0.15) is 0 Å². The average molecular weight is 308 g/mol. The predicted octanol–water partition coefficient (Wildman–Crippen LogP) is 2.96. The van der Waals surface area contributed by atoms with Crippen molar-refractivity contribution in [1.29, 1.82) is 0 Å². The van der Waals surface area contributed by atoms with Gasteiger partial charge in [0, 0.05) is 54.6 Å². The number of aromatic amines is 1. The lowest BCUT2D eigenvalue weighted by Crippen LogP contribution is -2.19. The quantitative estimate of drug-likeness (QED) is 0.895. The number of Topliss-reactive ketones (excluding diaryl/α,β-unsaturated/α-hetero) is 1. The van der Waals surface area contributed by atoms with E-state index in [-0.39, 0.29) is 11.7 Å². The third-order valence-electron chi connectivity index (χ3n) is 4.81. The van der Waals surface area contributed by atoms with Crippen molar-refractivity contribution < 1.29 is 4.79 Å². The molecule has 1 aromatic heterocycles. The molecule has 2 aromatic rings. The van der Waals surface area contributed by atoms with Crippen LogP contribution in [0.1, 0.15) is 35.6 Å². The molecule has 1 atom stereocenters. The zero-order valence-electron chi connectivity index (χ0n) is 13.6. The minimum Gasteiger partial charge on any atom is -0.378 e. The lowest BCUT2D eigenvalue weighted by Gasteiger charge is -2.26. The first kappa shape index (κ1) is 14.1. The molecule has 1 unspecified atom stereocenters. The molecular formula is C18H20N4O. The van der Waals surface area contributed by atoms with E-state index in [0.717, 1.165) is 46.0 Å².